The molecule has 1 amide bonds. The highest BCUT2D eigenvalue weighted by atomic mass is 32.2. The van der Waals surface area contributed by atoms with E-state index in [-0.39, 0.29) is 11.7 Å². The van der Waals surface area contributed by atoms with Crippen molar-refractivity contribution in [1.82, 2.24) is 15.5 Å². The number of amides is 1. The Hall–Kier alpha value is -1.87. The largest absolute Gasteiger partial charge is 0.480 e. The van der Waals surface area contributed by atoms with Gasteiger partial charge in [-0.25, -0.2) is 4.79 Å². The van der Waals surface area contributed by atoms with Crippen LogP contribution in [0.3, 0.4) is 0 Å². The van der Waals surface area contributed by atoms with Crippen LogP contribution in [-0.2, 0) is 15.3 Å². The molecule has 2 heterocycles. The molecule has 0 aliphatic heterocycles. The lowest BCUT2D eigenvalue weighted by molar-refractivity contribution is -0.140. The van der Waals surface area contributed by atoms with Gasteiger partial charge in [-0.1, -0.05) is 5.16 Å². The van der Waals surface area contributed by atoms with Crippen molar-refractivity contribution in [3.8, 4) is 11.5 Å². The van der Waals surface area contributed by atoms with Crippen molar-refractivity contribution in [3.05, 3.63) is 22.7 Å². The van der Waals surface area contributed by atoms with Gasteiger partial charge in [0.1, 0.15) is 6.04 Å². The second-order valence-electron chi connectivity index (χ2n) is 4.13. The molecular weight excluding hydrogens is 314 g/mol. The molecule has 0 aliphatic carbocycles. The van der Waals surface area contributed by atoms with Crippen LogP contribution in [0.1, 0.15) is 12.7 Å². The summed E-state index contributed by atoms with van der Waals surface area (Å²) in [6.07, 6.45) is 0. The number of hydrogen-bond donors (Lipinski definition) is 2. The smallest absolute Gasteiger partial charge is 0.327 e. The summed E-state index contributed by atoms with van der Waals surface area (Å²) >= 11 is 2.85. The van der Waals surface area contributed by atoms with E-state index in [0.717, 1.165) is 5.56 Å². The highest BCUT2D eigenvalue weighted by Crippen LogP contribution is 2.21. The standard InChI is InChI=1S/C12H13N3O4S2/c1-7(16)13-9(12(17)18)5-21-6-10-14-11(19-15-10)8-2-3-20-4-8/h2-4,9H,5-6H2,1H3,(H,13,16)(H,17,18). The third-order valence-electron chi connectivity index (χ3n) is 2.43. The predicted octanol–water partition coefficient (Wildman–Crippen LogP) is 1.62. The van der Waals surface area contributed by atoms with Crippen LogP contribution in [0, 0.1) is 0 Å². The van der Waals surface area contributed by atoms with Gasteiger partial charge in [0.05, 0.1) is 11.3 Å². The minimum Gasteiger partial charge on any atom is -0.480 e. The molecule has 9 heteroatoms. The molecule has 0 saturated heterocycles. The third-order valence-corrected chi connectivity index (χ3v) is 4.14. The first-order valence-corrected chi connectivity index (χ1v) is 8.09. The number of thioether (sulfide) groups is 1. The van der Waals surface area contributed by atoms with Gasteiger partial charge in [-0.2, -0.15) is 28.1 Å². The van der Waals surface area contributed by atoms with Gasteiger partial charge < -0.3 is 14.9 Å². The van der Waals surface area contributed by atoms with Crippen LogP contribution in [0.4, 0.5) is 0 Å². The van der Waals surface area contributed by atoms with Crippen LogP contribution in [0.25, 0.3) is 11.5 Å². The van der Waals surface area contributed by atoms with Crippen LogP contribution in [0.2, 0.25) is 0 Å². The van der Waals surface area contributed by atoms with E-state index < -0.39 is 12.0 Å². The van der Waals surface area contributed by atoms with E-state index in [1.54, 1.807) is 0 Å². The number of rotatable bonds is 7. The number of carbonyl (C=O) groups is 2. The molecule has 2 rings (SSSR count). The molecule has 0 fully saturated rings. The van der Waals surface area contributed by atoms with Gasteiger partial charge in [0, 0.05) is 18.1 Å². The third kappa shape index (κ3) is 4.57. The molecule has 0 saturated carbocycles. The summed E-state index contributed by atoms with van der Waals surface area (Å²) in [5.74, 6) is 0.151. The summed E-state index contributed by atoms with van der Waals surface area (Å²) in [7, 11) is 0. The number of aromatic nitrogens is 2. The normalized spacial score (nSPS) is 12.0. The number of thiophene rings is 1. The Kier molecular flexibility index (Phi) is 5.34. The summed E-state index contributed by atoms with van der Waals surface area (Å²) in [6, 6.07) is 0.961. The van der Waals surface area contributed by atoms with Gasteiger partial charge in [0.25, 0.3) is 5.89 Å². The maximum absolute atomic E-state index is 11.0. The van der Waals surface area contributed by atoms with Crippen LogP contribution < -0.4 is 5.32 Å². The van der Waals surface area contributed by atoms with E-state index in [2.05, 4.69) is 15.5 Å². The van der Waals surface area contributed by atoms with Crippen molar-refractivity contribution < 1.29 is 19.2 Å². The van der Waals surface area contributed by atoms with Crippen molar-refractivity contribution in [2.45, 2.75) is 18.7 Å². The first kappa shape index (κ1) is 15.5. The number of aliphatic carboxylic acids is 1. The fraction of sp³-hybridized carbons (Fsp3) is 0.333. The van der Waals surface area contributed by atoms with Crippen molar-refractivity contribution in [1.29, 1.82) is 0 Å². The number of hydrogen-bond acceptors (Lipinski definition) is 7. The summed E-state index contributed by atoms with van der Waals surface area (Å²) < 4.78 is 5.12. The highest BCUT2D eigenvalue weighted by molar-refractivity contribution is 7.98. The zero-order valence-corrected chi connectivity index (χ0v) is 12.7. The molecule has 21 heavy (non-hydrogen) atoms. The molecule has 1 unspecified atom stereocenters. The minimum absolute atomic E-state index is 0.233. The number of nitrogens with one attached hydrogen (secondary N) is 1. The lowest BCUT2D eigenvalue weighted by Crippen LogP contribution is -2.41. The molecular formula is C12H13N3O4S2. The number of nitrogens with zero attached hydrogens (tertiary/aromatic N) is 2. The summed E-state index contributed by atoms with van der Waals surface area (Å²) in [6.45, 7) is 1.28. The summed E-state index contributed by atoms with van der Waals surface area (Å²) in [5.41, 5.74) is 0.866. The Morgan fingerprint density at radius 2 is 2.38 bits per heavy atom. The van der Waals surface area contributed by atoms with Crippen molar-refractivity contribution >= 4 is 35.0 Å². The first-order valence-electron chi connectivity index (χ1n) is 5.99. The minimum atomic E-state index is -1.07. The summed E-state index contributed by atoms with van der Waals surface area (Å²) in [4.78, 5) is 26.1. The second-order valence-corrected chi connectivity index (χ2v) is 5.94. The second kappa shape index (κ2) is 7.23. The van der Waals surface area contributed by atoms with E-state index in [9.17, 15) is 9.59 Å². The van der Waals surface area contributed by atoms with E-state index in [4.69, 9.17) is 9.63 Å². The molecule has 0 spiro atoms. The van der Waals surface area contributed by atoms with Gasteiger partial charge in [-0.05, 0) is 11.4 Å². The Balaban J connectivity index is 1.85. The summed E-state index contributed by atoms with van der Waals surface area (Å²) in [5, 5.41) is 19.0. The molecule has 1 atom stereocenters. The van der Waals surface area contributed by atoms with Crippen LogP contribution in [-0.4, -0.2) is 38.9 Å². The fourth-order valence-electron chi connectivity index (χ4n) is 1.50. The Bertz CT molecular complexity index is 612. The van der Waals surface area contributed by atoms with Crippen molar-refractivity contribution in [2.75, 3.05) is 5.75 Å². The average molecular weight is 327 g/mol. The Morgan fingerprint density at radius 1 is 1.57 bits per heavy atom. The van der Waals surface area contributed by atoms with Crippen molar-refractivity contribution in [2.24, 2.45) is 0 Å². The molecule has 0 aromatic carbocycles. The van der Waals surface area contributed by atoms with Crippen LogP contribution >= 0.6 is 23.1 Å². The van der Waals surface area contributed by atoms with Crippen LogP contribution in [0.5, 0.6) is 0 Å². The van der Waals surface area contributed by atoms with Gasteiger partial charge in [0.2, 0.25) is 5.91 Å². The SMILES string of the molecule is CC(=O)NC(CSCc1noc(-c2ccsc2)n1)C(=O)O. The Labute approximate surface area is 128 Å². The molecule has 7 nitrogen and oxygen atoms in total. The lowest BCUT2D eigenvalue weighted by atomic mass is 10.3. The topological polar surface area (TPSA) is 105 Å². The van der Waals surface area contributed by atoms with Crippen molar-refractivity contribution in [3.63, 3.8) is 0 Å². The predicted molar refractivity (Wildman–Crippen MR) is 79.0 cm³/mol. The molecule has 0 radical (unpaired) electrons. The van der Waals surface area contributed by atoms with Crippen LogP contribution in [0.15, 0.2) is 21.3 Å². The zero-order valence-electron chi connectivity index (χ0n) is 11.1. The molecule has 0 aliphatic rings. The van der Waals surface area contributed by atoms with E-state index >= 15 is 0 Å². The molecule has 112 valence electrons. The maximum atomic E-state index is 11.0. The number of carboxylic acids is 1. The number of carboxylic acid groups (broad SMARTS) is 1. The van der Waals surface area contributed by atoms with E-state index in [1.165, 1.54) is 30.0 Å². The highest BCUT2D eigenvalue weighted by Gasteiger charge is 2.18. The van der Waals surface area contributed by atoms with E-state index in [0.29, 0.717) is 17.5 Å². The van der Waals surface area contributed by atoms with Gasteiger partial charge >= 0.3 is 5.97 Å². The molecule has 2 N–H and O–H groups in total. The zero-order chi connectivity index (χ0) is 15.2. The lowest BCUT2D eigenvalue weighted by Gasteiger charge is -2.11. The van der Waals surface area contributed by atoms with Gasteiger partial charge in [0.15, 0.2) is 5.82 Å². The molecule has 2 aromatic rings. The molecule has 2 aromatic heterocycles. The fourth-order valence-corrected chi connectivity index (χ4v) is 3.01. The van der Waals surface area contributed by atoms with Gasteiger partial charge in [-0.3, -0.25) is 4.79 Å². The number of carbonyl (C=O) groups excluding carboxylic acids is 1. The monoisotopic (exact) mass is 327 g/mol. The van der Waals surface area contributed by atoms with E-state index in [1.807, 2.05) is 16.8 Å². The Morgan fingerprint density at radius 3 is 3.00 bits per heavy atom. The quantitative estimate of drug-likeness (QED) is 0.796. The maximum Gasteiger partial charge on any atom is 0.327 e. The molecule has 0 bridgehead atoms. The average Bonchev–Trinajstić information content (AvgIpc) is 3.07. The van der Waals surface area contributed by atoms with Gasteiger partial charge in [-0.15, -0.1) is 0 Å². The first-order chi connectivity index (χ1) is 10.1.